The normalized spacial score (nSPS) is 17.2. The third kappa shape index (κ3) is 5.77. The zero-order valence-electron chi connectivity index (χ0n) is 21.0. The molecule has 1 saturated heterocycles. The summed E-state index contributed by atoms with van der Waals surface area (Å²) in [5.74, 6) is 0.0900. The Kier molecular flexibility index (Phi) is 8.76. The van der Waals surface area contributed by atoms with E-state index < -0.39 is 17.7 Å². The van der Waals surface area contributed by atoms with Gasteiger partial charge >= 0.3 is 0 Å². The zero-order valence-corrected chi connectivity index (χ0v) is 21.0. The van der Waals surface area contributed by atoms with E-state index >= 15 is 0 Å². The van der Waals surface area contributed by atoms with Crippen LogP contribution in [0, 0.1) is 0 Å². The van der Waals surface area contributed by atoms with Gasteiger partial charge in [0, 0.05) is 17.7 Å². The van der Waals surface area contributed by atoms with E-state index in [1.54, 1.807) is 49.6 Å². The molecule has 1 aliphatic rings. The van der Waals surface area contributed by atoms with Crippen LogP contribution in [0.3, 0.4) is 0 Å². The lowest BCUT2D eigenvalue weighted by Crippen LogP contribution is -2.32. The van der Waals surface area contributed by atoms with Gasteiger partial charge in [-0.3, -0.25) is 9.59 Å². The Labute approximate surface area is 206 Å². The highest BCUT2D eigenvalue weighted by Gasteiger charge is 2.47. The molecule has 0 spiro atoms. The van der Waals surface area contributed by atoms with Crippen LogP contribution >= 0.6 is 0 Å². The Hall–Kier alpha value is -3.52. The van der Waals surface area contributed by atoms with Crippen molar-refractivity contribution in [3.8, 4) is 17.2 Å². The molecule has 0 aliphatic carbocycles. The molecule has 3 rings (SSSR count). The van der Waals surface area contributed by atoms with Crippen molar-refractivity contribution in [2.24, 2.45) is 0 Å². The van der Waals surface area contributed by atoms with Crippen molar-refractivity contribution in [3.05, 3.63) is 59.2 Å². The number of hydrogen-bond donors (Lipinski definition) is 1. The first-order chi connectivity index (χ1) is 16.8. The Morgan fingerprint density at radius 3 is 2.31 bits per heavy atom. The second-order valence-electron chi connectivity index (χ2n) is 8.63. The number of ketones is 1. The van der Waals surface area contributed by atoms with Crippen LogP contribution in [0.15, 0.2) is 48.0 Å². The molecule has 35 heavy (non-hydrogen) atoms. The summed E-state index contributed by atoms with van der Waals surface area (Å²) in [6.07, 6.45) is 1.54. The SMILES string of the molecule is CCCOc1ccc(/C(O)=C2\C(=O)C(=O)N(CCCN(C)C)C2c2cc(OC)ccc2OC)cc1. The van der Waals surface area contributed by atoms with E-state index in [0.29, 0.717) is 47.9 Å². The number of methoxy groups -OCH3 is 2. The summed E-state index contributed by atoms with van der Waals surface area (Å²) in [6.45, 7) is 3.68. The first-order valence-electron chi connectivity index (χ1n) is 11.7. The highest BCUT2D eigenvalue weighted by atomic mass is 16.5. The van der Waals surface area contributed by atoms with Gasteiger partial charge in [-0.1, -0.05) is 6.92 Å². The molecule has 1 unspecified atom stereocenters. The molecule has 1 amide bonds. The summed E-state index contributed by atoms with van der Waals surface area (Å²) in [5.41, 5.74) is 1.01. The topological polar surface area (TPSA) is 88.5 Å². The lowest BCUT2D eigenvalue weighted by Gasteiger charge is -2.27. The molecule has 0 saturated carbocycles. The number of ether oxygens (including phenoxy) is 3. The van der Waals surface area contributed by atoms with Crippen LogP contribution in [0.5, 0.6) is 17.2 Å². The molecule has 8 nitrogen and oxygen atoms in total. The minimum atomic E-state index is -0.821. The summed E-state index contributed by atoms with van der Waals surface area (Å²) in [5, 5.41) is 11.3. The Morgan fingerprint density at radius 1 is 1.03 bits per heavy atom. The minimum Gasteiger partial charge on any atom is -0.507 e. The van der Waals surface area contributed by atoms with Gasteiger partial charge in [0.1, 0.15) is 23.0 Å². The lowest BCUT2D eigenvalue weighted by molar-refractivity contribution is -0.140. The highest BCUT2D eigenvalue weighted by Crippen LogP contribution is 2.44. The molecule has 0 bridgehead atoms. The van der Waals surface area contributed by atoms with Crippen molar-refractivity contribution in [2.75, 3.05) is 48.0 Å². The Morgan fingerprint density at radius 2 is 1.71 bits per heavy atom. The van der Waals surface area contributed by atoms with Gasteiger partial charge in [-0.15, -0.1) is 0 Å². The van der Waals surface area contributed by atoms with Gasteiger partial charge in [0.2, 0.25) is 0 Å². The first-order valence-corrected chi connectivity index (χ1v) is 11.7. The third-order valence-electron chi connectivity index (χ3n) is 5.88. The second kappa shape index (κ2) is 11.8. The molecule has 1 fully saturated rings. The van der Waals surface area contributed by atoms with Crippen molar-refractivity contribution >= 4 is 17.4 Å². The van der Waals surface area contributed by atoms with Crippen molar-refractivity contribution < 1.29 is 28.9 Å². The van der Waals surface area contributed by atoms with Gasteiger partial charge < -0.3 is 29.1 Å². The molecule has 0 radical (unpaired) electrons. The van der Waals surface area contributed by atoms with Gasteiger partial charge in [-0.05, 0) is 75.9 Å². The van der Waals surface area contributed by atoms with E-state index in [-0.39, 0.29) is 11.3 Å². The quantitative estimate of drug-likeness (QED) is 0.296. The number of Topliss-reactive ketones (excluding diaryl/α,β-unsaturated/α-hetero) is 1. The molecule has 1 aliphatic heterocycles. The standard InChI is InChI=1S/C27H34N2O6/c1-6-16-35-19-10-8-18(9-11-19)25(30)23-24(21-17-20(33-4)12-13-22(21)34-5)29(27(32)26(23)31)15-7-14-28(2)3/h8-13,17,24,30H,6-7,14-16H2,1-5H3/b25-23+. The predicted octanol–water partition coefficient (Wildman–Crippen LogP) is 3.87. The summed E-state index contributed by atoms with van der Waals surface area (Å²) in [4.78, 5) is 29.9. The molecule has 2 aromatic carbocycles. The fourth-order valence-electron chi connectivity index (χ4n) is 4.13. The van der Waals surface area contributed by atoms with Gasteiger partial charge in [0.15, 0.2) is 0 Å². The van der Waals surface area contributed by atoms with Gasteiger partial charge in [0.25, 0.3) is 11.7 Å². The number of carbonyl (C=O) groups excluding carboxylic acids is 2. The van der Waals surface area contributed by atoms with E-state index in [1.165, 1.54) is 12.0 Å². The fraction of sp³-hybridized carbons (Fsp3) is 0.407. The number of benzene rings is 2. The average molecular weight is 483 g/mol. The van der Waals surface area contributed by atoms with E-state index in [4.69, 9.17) is 14.2 Å². The molecule has 8 heteroatoms. The highest BCUT2D eigenvalue weighted by molar-refractivity contribution is 6.46. The summed E-state index contributed by atoms with van der Waals surface area (Å²) < 4.78 is 16.6. The maximum Gasteiger partial charge on any atom is 0.295 e. The largest absolute Gasteiger partial charge is 0.507 e. The first kappa shape index (κ1) is 26.1. The predicted molar refractivity (Wildman–Crippen MR) is 134 cm³/mol. The lowest BCUT2D eigenvalue weighted by atomic mass is 9.94. The molecular formula is C27H34N2O6. The van der Waals surface area contributed by atoms with Crippen LogP contribution in [0.1, 0.15) is 36.9 Å². The number of likely N-dealkylation sites (tertiary alicyclic amines) is 1. The minimum absolute atomic E-state index is 0.0219. The second-order valence-corrected chi connectivity index (χ2v) is 8.63. The van der Waals surface area contributed by atoms with E-state index in [0.717, 1.165) is 13.0 Å². The van der Waals surface area contributed by atoms with Crippen molar-refractivity contribution in [1.29, 1.82) is 0 Å². The van der Waals surface area contributed by atoms with E-state index in [2.05, 4.69) is 0 Å². The van der Waals surface area contributed by atoms with Gasteiger partial charge in [-0.25, -0.2) is 0 Å². The number of hydrogen-bond acceptors (Lipinski definition) is 7. The van der Waals surface area contributed by atoms with Crippen LogP contribution in [-0.2, 0) is 9.59 Å². The average Bonchev–Trinajstić information content (AvgIpc) is 3.11. The number of rotatable bonds is 11. The van der Waals surface area contributed by atoms with Crippen LogP contribution in [0.2, 0.25) is 0 Å². The third-order valence-corrected chi connectivity index (χ3v) is 5.88. The summed E-state index contributed by atoms with van der Waals surface area (Å²) in [6, 6.07) is 11.2. The maximum absolute atomic E-state index is 13.3. The van der Waals surface area contributed by atoms with Crippen LogP contribution < -0.4 is 14.2 Å². The number of aliphatic hydroxyl groups is 1. The number of nitrogens with zero attached hydrogens (tertiary/aromatic N) is 2. The van der Waals surface area contributed by atoms with Crippen LogP contribution in [0.25, 0.3) is 5.76 Å². The van der Waals surface area contributed by atoms with E-state index in [1.807, 2.05) is 25.9 Å². The number of aliphatic hydroxyl groups excluding tert-OH is 1. The van der Waals surface area contributed by atoms with Crippen molar-refractivity contribution in [2.45, 2.75) is 25.8 Å². The van der Waals surface area contributed by atoms with Gasteiger partial charge in [0.05, 0.1) is 32.4 Å². The maximum atomic E-state index is 13.3. The summed E-state index contributed by atoms with van der Waals surface area (Å²) in [7, 11) is 6.97. The smallest absolute Gasteiger partial charge is 0.295 e. The molecule has 1 atom stereocenters. The van der Waals surface area contributed by atoms with E-state index in [9.17, 15) is 14.7 Å². The summed E-state index contributed by atoms with van der Waals surface area (Å²) >= 11 is 0. The zero-order chi connectivity index (χ0) is 25.5. The van der Waals surface area contributed by atoms with Crippen LogP contribution in [-0.4, -0.2) is 74.6 Å². The monoisotopic (exact) mass is 482 g/mol. The van der Waals surface area contributed by atoms with Crippen molar-refractivity contribution in [1.82, 2.24) is 9.80 Å². The number of carbonyl (C=O) groups is 2. The Balaban J connectivity index is 2.12. The molecule has 2 aromatic rings. The molecule has 1 heterocycles. The number of amides is 1. The molecule has 1 N–H and O–H groups in total. The van der Waals surface area contributed by atoms with Crippen LogP contribution in [0.4, 0.5) is 0 Å². The fourth-order valence-corrected chi connectivity index (χ4v) is 4.13. The van der Waals surface area contributed by atoms with Crippen molar-refractivity contribution in [3.63, 3.8) is 0 Å². The van der Waals surface area contributed by atoms with Gasteiger partial charge in [-0.2, -0.15) is 0 Å². The molecule has 188 valence electrons. The molecule has 0 aromatic heterocycles. The Bertz CT molecular complexity index is 1080. The molecular weight excluding hydrogens is 448 g/mol.